The molecule has 2 aliphatic heterocycles. The molecule has 3 aromatic rings. The average Bonchev–Trinajstić information content (AvgIpc) is 2.83. The lowest BCUT2D eigenvalue weighted by atomic mass is 9.34. The third-order valence-corrected chi connectivity index (χ3v) is 5.30. The lowest BCUT2D eigenvalue weighted by Gasteiger charge is -2.46. The molecule has 0 atom stereocenters. The van der Waals surface area contributed by atoms with Crippen LogP contribution < -0.4 is 26.0 Å². The summed E-state index contributed by atoms with van der Waals surface area (Å²) in [6, 6.07) is -3.51. The molecule has 0 spiro atoms. The Bertz CT molecular complexity index is 1620. The Labute approximate surface area is 188 Å². The van der Waals surface area contributed by atoms with E-state index in [1.807, 2.05) is 41.5 Å². The first-order valence-corrected chi connectivity index (χ1v) is 9.70. The van der Waals surface area contributed by atoms with Crippen LogP contribution in [-0.4, -0.2) is 12.3 Å². The first-order valence-electron chi connectivity index (χ1n) is 14.7. The third-order valence-electron chi connectivity index (χ3n) is 5.30. The summed E-state index contributed by atoms with van der Waals surface area (Å²) in [4.78, 5) is 1.70. The van der Waals surface area contributed by atoms with E-state index in [1.54, 1.807) is 4.90 Å². The summed E-state index contributed by atoms with van der Waals surface area (Å²) in [5.41, 5.74) is -0.230. The van der Waals surface area contributed by atoms with E-state index in [2.05, 4.69) is 0 Å². The molecule has 29 heavy (non-hydrogen) atoms. The first-order chi connectivity index (χ1) is 17.8. The molecule has 2 heterocycles. The third kappa shape index (κ3) is 2.71. The van der Waals surface area contributed by atoms with Gasteiger partial charge < -0.3 is 9.64 Å². The Balaban J connectivity index is 2.12. The van der Waals surface area contributed by atoms with Crippen molar-refractivity contribution < 1.29 is 18.4 Å². The van der Waals surface area contributed by atoms with Gasteiger partial charge in [0.2, 0.25) is 0 Å². The maximum Gasteiger partial charge on any atom is 0.256 e. The first kappa shape index (κ1) is 10.4. The van der Waals surface area contributed by atoms with Gasteiger partial charge in [0.25, 0.3) is 6.71 Å². The van der Waals surface area contributed by atoms with Crippen LogP contribution in [0.3, 0.4) is 0 Å². The summed E-state index contributed by atoms with van der Waals surface area (Å²) in [6.07, 6.45) is 0. The Hall–Kier alpha value is -2.68. The summed E-state index contributed by atoms with van der Waals surface area (Å²) in [5.74, 6) is -0.154. The van der Waals surface area contributed by atoms with Gasteiger partial charge in [-0.05, 0) is 72.3 Å². The molecular formula is C26H28BNO. The van der Waals surface area contributed by atoms with Crippen molar-refractivity contribution in [3.63, 3.8) is 0 Å². The number of anilines is 2. The van der Waals surface area contributed by atoms with Gasteiger partial charge in [-0.25, -0.2) is 0 Å². The van der Waals surface area contributed by atoms with E-state index < -0.39 is 53.9 Å². The van der Waals surface area contributed by atoms with Crippen molar-refractivity contribution >= 4 is 34.5 Å². The number of hydrogen-bond donors (Lipinski definition) is 0. The molecule has 5 rings (SSSR count). The molecule has 146 valence electrons. The number of rotatable bonds is 0. The van der Waals surface area contributed by atoms with Crippen LogP contribution in [0.5, 0.6) is 11.5 Å². The van der Waals surface area contributed by atoms with Gasteiger partial charge in [0, 0.05) is 16.9 Å². The number of hydrogen-bond acceptors (Lipinski definition) is 2. The zero-order valence-corrected chi connectivity index (χ0v) is 17.4. The molecule has 0 N–H and O–H groups in total. The predicted molar refractivity (Wildman–Crippen MR) is 125 cm³/mol. The normalized spacial score (nSPS) is 19.5. The second kappa shape index (κ2) is 5.92. The highest BCUT2D eigenvalue weighted by atomic mass is 16.5. The molecule has 0 fully saturated rings. The molecule has 0 saturated carbocycles. The molecule has 2 aliphatic rings. The van der Waals surface area contributed by atoms with Gasteiger partial charge in [-0.1, -0.05) is 57.0 Å². The summed E-state index contributed by atoms with van der Waals surface area (Å²) >= 11 is 0. The van der Waals surface area contributed by atoms with Crippen LogP contribution in [-0.2, 0) is 5.41 Å². The molecule has 2 nitrogen and oxygen atoms in total. The largest absolute Gasteiger partial charge is 0.458 e. The van der Waals surface area contributed by atoms with E-state index in [1.165, 1.54) is 0 Å². The van der Waals surface area contributed by atoms with Crippen LogP contribution in [0.2, 0.25) is 0 Å². The van der Waals surface area contributed by atoms with E-state index >= 15 is 0 Å². The van der Waals surface area contributed by atoms with Gasteiger partial charge in [0.1, 0.15) is 11.5 Å². The van der Waals surface area contributed by atoms with Crippen molar-refractivity contribution in [3.05, 3.63) is 66.0 Å². The molecule has 3 heteroatoms. The highest BCUT2D eigenvalue weighted by Gasteiger charge is 2.44. The van der Waals surface area contributed by atoms with Crippen molar-refractivity contribution in [2.45, 2.75) is 52.5 Å². The monoisotopic (exact) mass is 391 g/mol. The number of ether oxygens (including phenoxy) is 1. The van der Waals surface area contributed by atoms with Crippen molar-refractivity contribution in [1.29, 1.82) is 0 Å². The van der Waals surface area contributed by atoms with E-state index in [9.17, 15) is 1.37 Å². The molecular weight excluding hydrogens is 353 g/mol. The van der Waals surface area contributed by atoms with Crippen molar-refractivity contribution in [3.8, 4) is 11.5 Å². The molecule has 3 aromatic carbocycles. The van der Waals surface area contributed by atoms with E-state index in [0.717, 1.165) is 0 Å². The molecule has 0 radical (unpaired) electrons. The molecule has 0 aromatic heterocycles. The summed E-state index contributed by atoms with van der Waals surface area (Å²) < 4.78 is 93.5. The Kier molecular flexibility index (Phi) is 2.12. The highest BCUT2D eigenvalue weighted by Crippen LogP contribution is 2.42. The van der Waals surface area contributed by atoms with Gasteiger partial charge in [-0.15, -0.1) is 0 Å². The van der Waals surface area contributed by atoms with Gasteiger partial charge in [0.05, 0.1) is 13.7 Å². The number of fused-ring (bicyclic) bond motifs is 4. The van der Waals surface area contributed by atoms with Crippen LogP contribution in [0.15, 0.2) is 60.4 Å². The smallest absolute Gasteiger partial charge is 0.256 e. The second-order valence-electron chi connectivity index (χ2n) is 9.51. The van der Waals surface area contributed by atoms with Crippen LogP contribution in [0.1, 0.15) is 60.8 Å². The quantitative estimate of drug-likeness (QED) is 0.397. The van der Waals surface area contributed by atoms with E-state index in [0.29, 0.717) is 16.7 Å². The lowest BCUT2D eigenvalue weighted by molar-refractivity contribution is 0.482. The van der Waals surface area contributed by atoms with E-state index in [4.69, 9.17) is 17.1 Å². The molecule has 0 unspecified atom stereocenters. The molecule has 0 bridgehead atoms. The van der Waals surface area contributed by atoms with Gasteiger partial charge in [-0.2, -0.15) is 0 Å². The lowest BCUT2D eigenvalue weighted by Crippen LogP contribution is -2.62. The zero-order valence-electron chi connectivity index (χ0n) is 27.4. The molecule has 0 amide bonds. The van der Waals surface area contributed by atoms with Gasteiger partial charge >= 0.3 is 0 Å². The number of nitrogens with zero attached hydrogens (tertiary/aromatic N) is 1. The van der Waals surface area contributed by atoms with Crippen LogP contribution >= 0.6 is 0 Å². The second-order valence-corrected chi connectivity index (χ2v) is 9.51. The average molecular weight is 391 g/mol. The fraction of sp³-hybridized carbons (Fsp3) is 0.308. The predicted octanol–water partition coefficient (Wildman–Crippen LogP) is 4.86. The van der Waals surface area contributed by atoms with E-state index in [-0.39, 0.29) is 52.3 Å². The molecule has 0 aliphatic carbocycles. The van der Waals surface area contributed by atoms with Crippen LogP contribution in [0, 0.1) is 0 Å². The standard InChI is InChI=1S/C26H28BNO/c1-25(2,3)17-15-21-24-23(16-17)29-22-14-10-8-12-19(22)27(24)18-11-7-9-13-20(18)28(21)26(4,5)6/h7-16H,1-6H3/i7D,8D,9D,10D,11D,12D,13D,14D,15D,16D. The van der Waals surface area contributed by atoms with Gasteiger partial charge in [0.15, 0.2) is 0 Å². The van der Waals surface area contributed by atoms with Crippen molar-refractivity contribution in [2.24, 2.45) is 0 Å². The maximum absolute atomic E-state index is 9.37. The minimum atomic E-state index is -1.11. The van der Waals surface area contributed by atoms with Crippen molar-refractivity contribution in [2.75, 3.05) is 4.90 Å². The molecule has 0 saturated heterocycles. The van der Waals surface area contributed by atoms with Crippen molar-refractivity contribution in [1.82, 2.24) is 0 Å². The van der Waals surface area contributed by atoms with Crippen LogP contribution in [0.25, 0.3) is 0 Å². The number of para-hydroxylation sites is 2. The summed E-state index contributed by atoms with van der Waals surface area (Å²) in [5, 5.41) is 0. The fourth-order valence-electron chi connectivity index (χ4n) is 4.02. The SMILES string of the molecule is [2H]c1c([2H])c([2H])c2c(c1[2H])Oc1c([2H])c(C(C)(C)C)c([2H])c3c1B2c1c([2H])c([2H])c([2H])c([2H])c1N3C(C)(C)C. The Morgan fingerprint density at radius 1 is 0.793 bits per heavy atom. The summed E-state index contributed by atoms with van der Waals surface area (Å²) in [6.45, 7) is 10.1. The Morgan fingerprint density at radius 2 is 1.45 bits per heavy atom. The minimum Gasteiger partial charge on any atom is -0.458 e. The zero-order chi connectivity index (χ0) is 29.3. The topological polar surface area (TPSA) is 12.5 Å². The highest BCUT2D eigenvalue weighted by molar-refractivity contribution is 6.99. The maximum atomic E-state index is 9.37. The Morgan fingerprint density at radius 3 is 2.14 bits per heavy atom. The van der Waals surface area contributed by atoms with Crippen LogP contribution in [0.4, 0.5) is 11.4 Å². The van der Waals surface area contributed by atoms with Gasteiger partial charge in [-0.3, -0.25) is 0 Å². The minimum absolute atomic E-state index is 0.0112. The summed E-state index contributed by atoms with van der Waals surface area (Å²) in [7, 11) is 0. The fourth-order valence-corrected chi connectivity index (χ4v) is 4.02. The number of benzene rings is 3.